The number of nitrogens with zero attached hydrogens (tertiary/aromatic N) is 2. The number of nitrogens with one attached hydrogen (secondary N) is 1. The van der Waals surface area contributed by atoms with Crippen molar-refractivity contribution >= 4 is 39.1 Å². The molecular weight excluding hydrogens is 594 g/mol. The highest BCUT2D eigenvalue weighted by Gasteiger charge is 2.33. The van der Waals surface area contributed by atoms with Crippen LogP contribution in [0.1, 0.15) is 32.8 Å². The van der Waals surface area contributed by atoms with E-state index in [2.05, 4.69) is 5.32 Å². The Balaban J connectivity index is 2.08. The first-order valence-electron chi connectivity index (χ1n) is 13.9. The Morgan fingerprint density at radius 1 is 0.953 bits per heavy atom. The molecule has 12 heteroatoms. The van der Waals surface area contributed by atoms with Crippen molar-refractivity contribution in [3.05, 3.63) is 77.3 Å². The summed E-state index contributed by atoms with van der Waals surface area (Å²) >= 11 is 6.41. The first kappa shape index (κ1) is 33.5. The molecule has 43 heavy (non-hydrogen) atoms. The molecule has 232 valence electrons. The number of anilines is 1. The van der Waals surface area contributed by atoms with Gasteiger partial charge in [-0.05, 0) is 68.3 Å². The van der Waals surface area contributed by atoms with Gasteiger partial charge < -0.3 is 24.4 Å². The van der Waals surface area contributed by atoms with Gasteiger partial charge in [-0.25, -0.2) is 8.42 Å². The molecule has 0 spiro atoms. The summed E-state index contributed by atoms with van der Waals surface area (Å²) < 4.78 is 45.4. The molecule has 2 amide bonds. The van der Waals surface area contributed by atoms with E-state index in [1.165, 1.54) is 37.3 Å². The van der Waals surface area contributed by atoms with E-state index in [1.807, 2.05) is 13.8 Å². The third kappa shape index (κ3) is 8.32. The Morgan fingerprint density at radius 2 is 1.63 bits per heavy atom. The first-order chi connectivity index (χ1) is 20.6. The molecule has 0 saturated carbocycles. The third-order valence-electron chi connectivity index (χ3n) is 6.67. The largest absolute Gasteiger partial charge is 0.494 e. The number of methoxy groups -OCH3 is 2. The molecule has 0 bridgehead atoms. The van der Waals surface area contributed by atoms with Crippen LogP contribution in [-0.4, -0.2) is 65.1 Å². The van der Waals surface area contributed by atoms with E-state index in [1.54, 1.807) is 55.5 Å². The van der Waals surface area contributed by atoms with Crippen molar-refractivity contribution < 1.29 is 32.2 Å². The fourth-order valence-electron chi connectivity index (χ4n) is 4.30. The molecule has 0 unspecified atom stereocenters. The van der Waals surface area contributed by atoms with Gasteiger partial charge in [0.2, 0.25) is 11.8 Å². The van der Waals surface area contributed by atoms with E-state index in [0.717, 1.165) is 4.31 Å². The Labute approximate surface area is 258 Å². The summed E-state index contributed by atoms with van der Waals surface area (Å²) in [5.74, 6) is 0.142. The summed E-state index contributed by atoms with van der Waals surface area (Å²) in [6.07, 6.45) is 0.714. The normalized spacial score (nSPS) is 11.8. The predicted octanol–water partition coefficient (Wildman–Crippen LogP) is 4.89. The molecule has 0 radical (unpaired) electrons. The molecule has 3 rings (SSSR count). The number of amides is 2. The molecule has 0 fully saturated rings. The summed E-state index contributed by atoms with van der Waals surface area (Å²) in [4.78, 5) is 28.3. The van der Waals surface area contributed by atoms with Crippen LogP contribution in [0.3, 0.4) is 0 Å². The van der Waals surface area contributed by atoms with Crippen LogP contribution in [0.15, 0.2) is 71.6 Å². The summed E-state index contributed by atoms with van der Waals surface area (Å²) in [6.45, 7) is 5.62. The highest BCUT2D eigenvalue weighted by Crippen LogP contribution is 2.33. The fraction of sp³-hybridized carbons (Fsp3) is 0.355. The van der Waals surface area contributed by atoms with Crippen molar-refractivity contribution in [2.75, 3.05) is 38.2 Å². The second-order valence-electron chi connectivity index (χ2n) is 9.54. The lowest BCUT2D eigenvalue weighted by Gasteiger charge is -2.32. The van der Waals surface area contributed by atoms with Crippen molar-refractivity contribution in [2.24, 2.45) is 0 Å². The summed E-state index contributed by atoms with van der Waals surface area (Å²) in [5.41, 5.74) is 0.843. The van der Waals surface area contributed by atoms with E-state index in [9.17, 15) is 18.0 Å². The Kier molecular flexibility index (Phi) is 12.1. The monoisotopic (exact) mass is 631 g/mol. The van der Waals surface area contributed by atoms with Crippen LogP contribution in [0.4, 0.5) is 5.69 Å². The number of benzene rings is 3. The third-order valence-corrected chi connectivity index (χ3v) is 8.81. The van der Waals surface area contributed by atoms with Gasteiger partial charge in [-0.15, -0.1) is 0 Å². The molecule has 0 aliphatic heterocycles. The molecule has 0 aromatic heterocycles. The number of sulfonamides is 1. The number of halogens is 1. The molecule has 0 aliphatic carbocycles. The fourth-order valence-corrected chi connectivity index (χ4v) is 5.92. The van der Waals surface area contributed by atoms with Crippen molar-refractivity contribution in [3.8, 4) is 17.2 Å². The maximum absolute atomic E-state index is 14.2. The van der Waals surface area contributed by atoms with Crippen LogP contribution in [-0.2, 0) is 26.2 Å². The first-order valence-corrected chi connectivity index (χ1v) is 15.7. The number of carbonyl (C=O) groups excluding carboxylic acids is 2. The van der Waals surface area contributed by atoms with E-state index in [-0.39, 0.29) is 28.8 Å². The van der Waals surface area contributed by atoms with E-state index in [4.69, 9.17) is 25.8 Å². The summed E-state index contributed by atoms with van der Waals surface area (Å²) in [5, 5.41) is 3.23. The van der Waals surface area contributed by atoms with Crippen molar-refractivity contribution in [1.29, 1.82) is 0 Å². The molecule has 0 heterocycles. The topological polar surface area (TPSA) is 114 Å². The Morgan fingerprint density at radius 3 is 2.23 bits per heavy atom. The lowest BCUT2D eigenvalue weighted by Crippen LogP contribution is -2.51. The standard InChI is InChI=1S/C31H38ClN3O7S/c1-6-18-33-31(37)22(3)34(20-23-10-8-9-11-27(23)32)30(36)21-35(24-12-14-25(15-13-24)42-7-2)43(38,39)26-16-17-28(40-4)29(19-26)41-5/h8-17,19,22H,6-7,18,20-21H2,1-5H3,(H,33,37)/t22-/m0/s1. The second-order valence-corrected chi connectivity index (χ2v) is 11.8. The molecule has 1 N–H and O–H groups in total. The van der Waals surface area contributed by atoms with Crippen LogP contribution in [0.25, 0.3) is 0 Å². The molecule has 0 aliphatic rings. The Hall–Kier alpha value is -3.96. The smallest absolute Gasteiger partial charge is 0.264 e. The van der Waals surface area contributed by atoms with Gasteiger partial charge in [-0.2, -0.15) is 0 Å². The van der Waals surface area contributed by atoms with Gasteiger partial charge in [0.1, 0.15) is 18.3 Å². The van der Waals surface area contributed by atoms with Crippen molar-refractivity contribution in [1.82, 2.24) is 10.2 Å². The number of carbonyl (C=O) groups is 2. The van der Waals surface area contributed by atoms with Gasteiger partial charge in [-0.1, -0.05) is 36.7 Å². The van der Waals surface area contributed by atoms with Crippen LogP contribution in [0.5, 0.6) is 17.2 Å². The maximum Gasteiger partial charge on any atom is 0.264 e. The molecule has 10 nitrogen and oxygen atoms in total. The lowest BCUT2D eigenvalue weighted by molar-refractivity contribution is -0.139. The number of hydrogen-bond acceptors (Lipinski definition) is 7. The number of ether oxygens (including phenoxy) is 3. The summed E-state index contributed by atoms with van der Waals surface area (Å²) in [6, 6.07) is 16.6. The van der Waals surface area contributed by atoms with E-state index < -0.39 is 28.5 Å². The minimum atomic E-state index is -4.32. The van der Waals surface area contributed by atoms with Gasteiger partial charge in [0.25, 0.3) is 10.0 Å². The molecule has 1 atom stereocenters. The zero-order valence-corrected chi connectivity index (χ0v) is 26.6. The van der Waals surface area contributed by atoms with E-state index >= 15 is 0 Å². The van der Waals surface area contributed by atoms with E-state index in [0.29, 0.717) is 41.7 Å². The highest BCUT2D eigenvalue weighted by atomic mass is 35.5. The van der Waals surface area contributed by atoms with Gasteiger partial charge in [0.15, 0.2) is 11.5 Å². The molecule has 3 aromatic carbocycles. The molecule has 3 aromatic rings. The SMILES string of the molecule is CCCNC(=O)[C@H](C)N(Cc1ccccc1Cl)C(=O)CN(c1ccc(OCC)cc1)S(=O)(=O)c1ccc(OC)c(OC)c1. The van der Waals surface area contributed by atoms with Gasteiger partial charge in [0, 0.05) is 24.2 Å². The average molecular weight is 632 g/mol. The zero-order valence-electron chi connectivity index (χ0n) is 25.0. The molecular formula is C31H38ClN3O7S. The van der Waals surface area contributed by atoms with Gasteiger partial charge >= 0.3 is 0 Å². The van der Waals surface area contributed by atoms with Gasteiger partial charge in [0.05, 0.1) is 31.4 Å². The zero-order chi connectivity index (χ0) is 31.6. The predicted molar refractivity (Wildman–Crippen MR) is 166 cm³/mol. The molecule has 0 saturated heterocycles. The quantitative estimate of drug-likeness (QED) is 0.254. The van der Waals surface area contributed by atoms with Crippen molar-refractivity contribution in [2.45, 2.75) is 44.7 Å². The number of hydrogen-bond donors (Lipinski definition) is 1. The summed E-state index contributed by atoms with van der Waals surface area (Å²) in [7, 11) is -1.47. The average Bonchev–Trinajstić information content (AvgIpc) is 3.01. The maximum atomic E-state index is 14.2. The number of rotatable bonds is 15. The second kappa shape index (κ2) is 15.5. The van der Waals surface area contributed by atoms with Crippen molar-refractivity contribution in [3.63, 3.8) is 0 Å². The minimum Gasteiger partial charge on any atom is -0.494 e. The van der Waals surface area contributed by atoms with Gasteiger partial charge in [-0.3, -0.25) is 13.9 Å². The lowest BCUT2D eigenvalue weighted by atomic mass is 10.1. The van der Waals surface area contributed by atoms with Crippen LogP contribution >= 0.6 is 11.6 Å². The van der Waals surface area contributed by atoms with Crippen LogP contribution in [0.2, 0.25) is 5.02 Å². The Bertz CT molecular complexity index is 1500. The van der Waals surface area contributed by atoms with Crippen LogP contribution in [0, 0.1) is 0 Å². The minimum absolute atomic E-state index is 0.00720. The highest BCUT2D eigenvalue weighted by molar-refractivity contribution is 7.92. The van der Waals surface area contributed by atoms with Crippen LogP contribution < -0.4 is 23.8 Å².